The van der Waals surface area contributed by atoms with Crippen molar-refractivity contribution >= 4 is 17.6 Å². The minimum Gasteiger partial charge on any atom is -0.405 e. The molecule has 2 heterocycles. The minimum absolute atomic E-state index is 0.336. The van der Waals surface area contributed by atoms with Gasteiger partial charge in [-0.25, -0.2) is 9.79 Å². The number of carbonyl (C=O) groups excluding carboxylic acids is 1. The minimum atomic E-state index is -0.608. The van der Waals surface area contributed by atoms with Crippen molar-refractivity contribution in [3.05, 3.63) is 77.5 Å². The molecule has 0 radical (unpaired) electrons. The van der Waals surface area contributed by atoms with Gasteiger partial charge in [0.2, 0.25) is 5.90 Å². The molecule has 0 bridgehead atoms. The van der Waals surface area contributed by atoms with Crippen molar-refractivity contribution < 1.29 is 9.53 Å². The van der Waals surface area contributed by atoms with Crippen LogP contribution in [-0.2, 0) is 16.0 Å². The zero-order chi connectivity index (χ0) is 14.9. The van der Waals surface area contributed by atoms with Gasteiger partial charge in [0, 0.05) is 16.9 Å². The number of benzene rings is 2. The van der Waals surface area contributed by atoms with E-state index in [1.165, 1.54) is 5.56 Å². The van der Waals surface area contributed by atoms with E-state index in [-0.39, 0.29) is 5.97 Å². The van der Waals surface area contributed by atoms with Gasteiger partial charge in [-0.15, -0.1) is 0 Å². The Hall–Kier alpha value is -2.88. The Morgan fingerprint density at radius 3 is 2.68 bits per heavy atom. The second kappa shape index (κ2) is 5.15. The van der Waals surface area contributed by atoms with Crippen LogP contribution in [0.2, 0.25) is 0 Å². The monoisotopic (exact) mass is 290 g/mol. The molecule has 2 aromatic carbocycles. The molecule has 1 N–H and O–H groups in total. The maximum atomic E-state index is 12.2. The Labute approximate surface area is 128 Å². The first-order chi connectivity index (χ1) is 10.8. The number of carbonyl (C=O) groups is 1. The van der Waals surface area contributed by atoms with Crippen molar-refractivity contribution in [1.29, 1.82) is 0 Å². The lowest BCUT2D eigenvalue weighted by Gasteiger charge is -2.20. The third-order valence-electron chi connectivity index (χ3n) is 3.82. The number of hydrogen-bond acceptors (Lipinski definition) is 4. The van der Waals surface area contributed by atoms with Crippen LogP contribution in [0.3, 0.4) is 0 Å². The van der Waals surface area contributed by atoms with Crippen LogP contribution in [0.4, 0.5) is 5.69 Å². The number of anilines is 1. The summed E-state index contributed by atoms with van der Waals surface area (Å²) in [5, 5.41) is 3.29. The second-order valence-electron chi connectivity index (χ2n) is 5.27. The van der Waals surface area contributed by atoms with E-state index in [1.807, 2.05) is 54.6 Å². The van der Waals surface area contributed by atoms with Crippen LogP contribution in [0.1, 0.15) is 11.1 Å². The summed E-state index contributed by atoms with van der Waals surface area (Å²) < 4.78 is 5.33. The maximum absolute atomic E-state index is 12.2. The Bertz CT molecular complexity index is 794. The molecule has 0 aliphatic carbocycles. The molecule has 0 aromatic heterocycles. The molecule has 22 heavy (non-hydrogen) atoms. The Morgan fingerprint density at radius 2 is 1.82 bits per heavy atom. The molecule has 0 amide bonds. The molecular formula is C18H14N2O2. The van der Waals surface area contributed by atoms with Crippen molar-refractivity contribution in [2.45, 2.75) is 12.5 Å². The van der Waals surface area contributed by atoms with Gasteiger partial charge in [-0.3, -0.25) is 0 Å². The molecule has 0 unspecified atom stereocenters. The number of cyclic esters (lactones) is 1. The molecule has 4 heteroatoms. The number of nitrogens with one attached hydrogen (secondary N) is 1. The predicted molar refractivity (Wildman–Crippen MR) is 84.7 cm³/mol. The molecule has 4 nitrogen and oxygen atoms in total. The van der Waals surface area contributed by atoms with Gasteiger partial charge in [0.1, 0.15) is 0 Å². The quantitative estimate of drug-likeness (QED) is 0.865. The summed E-state index contributed by atoms with van der Waals surface area (Å²) in [6, 6.07) is 16.9. The van der Waals surface area contributed by atoms with E-state index in [0.29, 0.717) is 5.90 Å². The third kappa shape index (κ3) is 2.19. The average molecular weight is 290 g/mol. The van der Waals surface area contributed by atoms with E-state index in [2.05, 4.69) is 16.4 Å². The van der Waals surface area contributed by atoms with Crippen LogP contribution >= 0.6 is 0 Å². The van der Waals surface area contributed by atoms with Crippen LogP contribution in [0.25, 0.3) is 0 Å². The molecule has 2 aliphatic heterocycles. The first-order valence-electron chi connectivity index (χ1n) is 7.21. The fourth-order valence-corrected chi connectivity index (χ4v) is 2.68. The van der Waals surface area contributed by atoms with Crippen LogP contribution < -0.4 is 5.32 Å². The summed E-state index contributed by atoms with van der Waals surface area (Å²) in [6.07, 6.45) is 2.80. The highest BCUT2D eigenvalue weighted by Gasteiger charge is 2.33. The molecular weight excluding hydrogens is 276 g/mol. The van der Waals surface area contributed by atoms with E-state index in [1.54, 1.807) is 0 Å². The largest absolute Gasteiger partial charge is 0.405 e. The van der Waals surface area contributed by atoms with Crippen LogP contribution in [0.15, 0.2) is 71.4 Å². The number of ether oxygens (including phenoxy) is 1. The molecule has 1 atom stereocenters. The summed E-state index contributed by atoms with van der Waals surface area (Å²) >= 11 is 0. The molecule has 4 rings (SSSR count). The predicted octanol–water partition coefficient (Wildman–Crippen LogP) is 2.91. The van der Waals surface area contributed by atoms with Gasteiger partial charge in [0.15, 0.2) is 6.04 Å². The number of esters is 1. The lowest BCUT2D eigenvalue weighted by atomic mass is 10.0. The van der Waals surface area contributed by atoms with Crippen molar-refractivity contribution in [2.75, 3.05) is 5.32 Å². The van der Waals surface area contributed by atoms with Crippen LogP contribution in [0.5, 0.6) is 0 Å². The smallest absolute Gasteiger partial charge is 0.343 e. The SMILES string of the molecule is O=C1OC(c2ccccc2)=N[C@@H]1C1=CCc2ccccc2N1. The number of hydrogen-bond donors (Lipinski definition) is 1. The molecule has 2 aliphatic rings. The number of para-hydroxylation sites is 1. The highest BCUT2D eigenvalue weighted by Crippen LogP contribution is 2.27. The number of rotatable bonds is 2. The normalized spacial score (nSPS) is 19.6. The Morgan fingerprint density at radius 1 is 1.05 bits per heavy atom. The Kier molecular flexibility index (Phi) is 3.00. The van der Waals surface area contributed by atoms with E-state index in [0.717, 1.165) is 23.4 Å². The highest BCUT2D eigenvalue weighted by molar-refractivity contribution is 6.07. The zero-order valence-corrected chi connectivity index (χ0v) is 11.8. The van der Waals surface area contributed by atoms with Crippen molar-refractivity contribution in [1.82, 2.24) is 0 Å². The van der Waals surface area contributed by atoms with Crippen molar-refractivity contribution in [3.8, 4) is 0 Å². The zero-order valence-electron chi connectivity index (χ0n) is 11.8. The van der Waals surface area contributed by atoms with Gasteiger partial charge in [-0.2, -0.15) is 0 Å². The van der Waals surface area contributed by atoms with E-state index < -0.39 is 6.04 Å². The summed E-state index contributed by atoms with van der Waals surface area (Å²) in [5.74, 6) is 0.0501. The van der Waals surface area contributed by atoms with Gasteiger partial charge >= 0.3 is 5.97 Å². The molecule has 0 fully saturated rings. The molecule has 2 aromatic rings. The summed E-state index contributed by atoms with van der Waals surface area (Å²) in [5.41, 5.74) is 3.84. The third-order valence-corrected chi connectivity index (χ3v) is 3.82. The summed E-state index contributed by atoms with van der Waals surface area (Å²) in [7, 11) is 0. The fraction of sp³-hybridized carbons (Fsp3) is 0.111. The first kappa shape index (κ1) is 12.8. The average Bonchev–Trinajstić information content (AvgIpc) is 2.97. The summed E-state index contributed by atoms with van der Waals surface area (Å²) in [6.45, 7) is 0. The number of nitrogens with zero attached hydrogens (tertiary/aromatic N) is 1. The van der Waals surface area contributed by atoms with E-state index in [9.17, 15) is 4.79 Å². The van der Waals surface area contributed by atoms with Crippen molar-refractivity contribution in [2.24, 2.45) is 4.99 Å². The molecule has 0 saturated heterocycles. The van der Waals surface area contributed by atoms with Gasteiger partial charge in [0.25, 0.3) is 0 Å². The maximum Gasteiger partial charge on any atom is 0.343 e. The van der Waals surface area contributed by atoms with Crippen molar-refractivity contribution in [3.63, 3.8) is 0 Å². The number of aliphatic imine (C=N–C) groups is 1. The van der Waals surface area contributed by atoms with E-state index >= 15 is 0 Å². The van der Waals surface area contributed by atoms with Gasteiger partial charge in [0.05, 0.1) is 0 Å². The summed E-state index contributed by atoms with van der Waals surface area (Å²) in [4.78, 5) is 16.6. The molecule has 0 saturated carbocycles. The van der Waals surface area contributed by atoms with Gasteiger partial charge in [-0.05, 0) is 30.2 Å². The highest BCUT2D eigenvalue weighted by atomic mass is 16.6. The van der Waals surface area contributed by atoms with Gasteiger partial charge in [-0.1, -0.05) is 42.5 Å². The number of allylic oxidation sites excluding steroid dienone is 1. The van der Waals surface area contributed by atoms with Crippen LogP contribution in [0, 0.1) is 0 Å². The lowest BCUT2D eigenvalue weighted by molar-refractivity contribution is -0.134. The van der Waals surface area contributed by atoms with E-state index in [4.69, 9.17) is 4.74 Å². The van der Waals surface area contributed by atoms with Gasteiger partial charge < -0.3 is 10.1 Å². The lowest BCUT2D eigenvalue weighted by Crippen LogP contribution is -2.24. The fourth-order valence-electron chi connectivity index (χ4n) is 2.68. The standard InChI is InChI=1S/C18H14N2O2/c21-18-16(20-17(22-18)13-7-2-1-3-8-13)15-11-10-12-6-4-5-9-14(12)19-15/h1-9,11,16,19H,10H2/t16-/m1/s1. The molecule has 108 valence electrons. The Balaban J connectivity index is 1.62. The molecule has 0 spiro atoms. The van der Waals surface area contributed by atoms with Crippen LogP contribution in [-0.4, -0.2) is 17.9 Å². The second-order valence-corrected chi connectivity index (χ2v) is 5.27. The topological polar surface area (TPSA) is 50.7 Å². The number of fused-ring (bicyclic) bond motifs is 1. The first-order valence-corrected chi connectivity index (χ1v) is 7.21.